The van der Waals surface area contributed by atoms with Crippen molar-refractivity contribution in [1.29, 1.82) is 0 Å². The Kier molecular flexibility index (Phi) is 5.23. The van der Waals surface area contributed by atoms with Gasteiger partial charge in [-0.3, -0.25) is 9.59 Å². The van der Waals surface area contributed by atoms with Crippen LogP contribution in [-0.2, 0) is 17.8 Å². The minimum Gasteiger partial charge on any atom is -0.352 e. The molecule has 0 bridgehead atoms. The molecule has 1 saturated carbocycles. The summed E-state index contributed by atoms with van der Waals surface area (Å²) in [6.45, 7) is 0.505. The van der Waals surface area contributed by atoms with Gasteiger partial charge < -0.3 is 10.2 Å². The number of hydrogen-bond acceptors (Lipinski definition) is 2. The fourth-order valence-corrected chi connectivity index (χ4v) is 4.25. The number of hydrogen-bond donors (Lipinski definition) is 1. The van der Waals surface area contributed by atoms with E-state index in [0.29, 0.717) is 13.0 Å². The Morgan fingerprint density at radius 3 is 2.44 bits per heavy atom. The van der Waals surface area contributed by atoms with Crippen LogP contribution in [0.15, 0.2) is 54.6 Å². The molecule has 2 amide bonds. The highest BCUT2D eigenvalue weighted by Crippen LogP contribution is 2.26. The molecule has 1 aliphatic carbocycles. The molecule has 0 aromatic heterocycles. The largest absolute Gasteiger partial charge is 0.352 e. The van der Waals surface area contributed by atoms with Gasteiger partial charge in [-0.1, -0.05) is 67.8 Å². The molecular formula is C23H26N2O2. The number of nitrogens with zero attached hydrogens (tertiary/aromatic N) is 1. The highest BCUT2D eigenvalue weighted by molar-refractivity contribution is 6.01. The van der Waals surface area contributed by atoms with E-state index >= 15 is 0 Å². The Morgan fingerprint density at radius 2 is 1.70 bits per heavy atom. The van der Waals surface area contributed by atoms with Crippen molar-refractivity contribution in [3.8, 4) is 0 Å². The zero-order valence-electron chi connectivity index (χ0n) is 15.6. The highest BCUT2D eigenvalue weighted by atomic mass is 16.2. The van der Waals surface area contributed by atoms with Crippen LogP contribution in [0, 0.1) is 0 Å². The third-order valence-electron chi connectivity index (χ3n) is 5.75. The molecule has 4 heteroatoms. The molecule has 0 spiro atoms. The van der Waals surface area contributed by atoms with E-state index in [2.05, 4.69) is 5.32 Å². The molecule has 2 aromatic carbocycles. The molecule has 140 valence electrons. The van der Waals surface area contributed by atoms with Gasteiger partial charge in [0, 0.05) is 24.6 Å². The van der Waals surface area contributed by atoms with Crippen molar-refractivity contribution in [2.45, 2.75) is 57.2 Å². The number of benzene rings is 2. The zero-order chi connectivity index (χ0) is 18.6. The topological polar surface area (TPSA) is 49.4 Å². The van der Waals surface area contributed by atoms with Crippen molar-refractivity contribution in [1.82, 2.24) is 10.2 Å². The Hall–Kier alpha value is -2.62. The zero-order valence-corrected chi connectivity index (χ0v) is 15.6. The van der Waals surface area contributed by atoms with E-state index in [1.807, 2.05) is 54.6 Å². The normalized spacial score (nSPS) is 18.2. The van der Waals surface area contributed by atoms with Crippen LogP contribution in [0.3, 0.4) is 0 Å². The van der Waals surface area contributed by atoms with Gasteiger partial charge in [0.15, 0.2) is 0 Å². The van der Waals surface area contributed by atoms with Crippen molar-refractivity contribution >= 4 is 11.8 Å². The van der Waals surface area contributed by atoms with Crippen molar-refractivity contribution in [3.63, 3.8) is 0 Å². The average molecular weight is 362 g/mol. The summed E-state index contributed by atoms with van der Waals surface area (Å²) < 4.78 is 0. The van der Waals surface area contributed by atoms with Crippen LogP contribution in [0.25, 0.3) is 0 Å². The summed E-state index contributed by atoms with van der Waals surface area (Å²) in [6.07, 6.45) is 6.21. The van der Waals surface area contributed by atoms with Gasteiger partial charge in [0.05, 0.1) is 0 Å². The maximum absolute atomic E-state index is 13.2. The first-order chi connectivity index (χ1) is 13.2. The molecule has 1 N–H and O–H groups in total. The molecule has 1 fully saturated rings. The van der Waals surface area contributed by atoms with Crippen molar-refractivity contribution in [2.75, 3.05) is 0 Å². The number of rotatable bonds is 5. The number of nitrogens with one attached hydrogen (secondary N) is 1. The summed E-state index contributed by atoms with van der Waals surface area (Å²) in [7, 11) is 0. The van der Waals surface area contributed by atoms with E-state index in [1.54, 1.807) is 4.90 Å². The van der Waals surface area contributed by atoms with Crippen LogP contribution in [0.5, 0.6) is 0 Å². The van der Waals surface area contributed by atoms with Gasteiger partial charge in [0.1, 0.15) is 6.04 Å². The van der Waals surface area contributed by atoms with Crippen LogP contribution in [0.4, 0.5) is 0 Å². The van der Waals surface area contributed by atoms with E-state index in [4.69, 9.17) is 0 Å². The van der Waals surface area contributed by atoms with E-state index < -0.39 is 6.04 Å². The molecule has 27 heavy (non-hydrogen) atoms. The Morgan fingerprint density at radius 1 is 1.00 bits per heavy atom. The molecule has 2 aromatic rings. The molecule has 4 rings (SSSR count). The first kappa shape index (κ1) is 17.8. The summed E-state index contributed by atoms with van der Waals surface area (Å²) in [4.78, 5) is 27.9. The standard InChI is InChI=1S/C23H26N2O2/c26-22(24-19-12-5-2-6-13-19)21(15-17-9-3-1-4-10-17)25-16-18-11-7-8-14-20(18)23(25)27/h1,3-4,7-11,14,19,21H,2,5-6,12-13,15-16H2,(H,24,26)/t21-/m0/s1. The molecule has 2 aliphatic rings. The van der Waals surface area contributed by atoms with Crippen LogP contribution in [0.2, 0.25) is 0 Å². The van der Waals surface area contributed by atoms with Gasteiger partial charge in [-0.15, -0.1) is 0 Å². The first-order valence-electron chi connectivity index (χ1n) is 9.95. The second kappa shape index (κ2) is 7.95. The van der Waals surface area contributed by atoms with Gasteiger partial charge >= 0.3 is 0 Å². The summed E-state index contributed by atoms with van der Waals surface area (Å²) in [5.41, 5.74) is 2.80. The molecule has 1 aliphatic heterocycles. The summed E-state index contributed by atoms with van der Waals surface area (Å²) in [5, 5.41) is 3.23. The summed E-state index contributed by atoms with van der Waals surface area (Å²) in [6, 6.07) is 17.4. The van der Waals surface area contributed by atoms with Gasteiger partial charge in [-0.05, 0) is 30.0 Å². The third kappa shape index (κ3) is 3.90. The number of carbonyl (C=O) groups is 2. The van der Waals surface area contributed by atoms with Gasteiger partial charge in [-0.2, -0.15) is 0 Å². The predicted octanol–water partition coefficient (Wildman–Crippen LogP) is 3.70. The maximum Gasteiger partial charge on any atom is 0.255 e. The Bertz CT molecular complexity index is 812. The Balaban J connectivity index is 1.56. The second-order valence-electron chi connectivity index (χ2n) is 7.64. The monoisotopic (exact) mass is 362 g/mol. The molecule has 0 saturated heterocycles. The molecular weight excluding hydrogens is 336 g/mol. The van der Waals surface area contributed by atoms with E-state index in [0.717, 1.165) is 29.5 Å². The lowest BCUT2D eigenvalue weighted by molar-refractivity contribution is -0.126. The minimum absolute atomic E-state index is 0.0214. The molecule has 0 unspecified atom stereocenters. The van der Waals surface area contributed by atoms with Crippen molar-refractivity contribution in [3.05, 3.63) is 71.3 Å². The first-order valence-corrected chi connectivity index (χ1v) is 9.95. The predicted molar refractivity (Wildman–Crippen MR) is 105 cm³/mol. The van der Waals surface area contributed by atoms with Gasteiger partial charge in [0.25, 0.3) is 5.91 Å². The average Bonchev–Trinajstić information content (AvgIpc) is 3.04. The fraction of sp³-hybridized carbons (Fsp3) is 0.391. The number of amides is 2. The van der Waals surface area contributed by atoms with Crippen LogP contribution >= 0.6 is 0 Å². The second-order valence-corrected chi connectivity index (χ2v) is 7.64. The summed E-state index contributed by atoms with van der Waals surface area (Å²) in [5.74, 6) is -0.0581. The summed E-state index contributed by atoms with van der Waals surface area (Å²) >= 11 is 0. The molecule has 1 heterocycles. The number of carbonyl (C=O) groups excluding carboxylic acids is 2. The smallest absolute Gasteiger partial charge is 0.255 e. The van der Waals surface area contributed by atoms with Gasteiger partial charge in [-0.25, -0.2) is 0 Å². The number of fused-ring (bicyclic) bond motifs is 1. The highest BCUT2D eigenvalue weighted by Gasteiger charge is 2.36. The molecule has 0 radical (unpaired) electrons. The lowest BCUT2D eigenvalue weighted by atomic mass is 9.95. The SMILES string of the molecule is O=C(NC1CCCCC1)[C@H](Cc1ccccc1)N1Cc2ccccc2C1=O. The quantitative estimate of drug-likeness (QED) is 0.882. The van der Waals surface area contributed by atoms with Crippen molar-refractivity contribution in [2.24, 2.45) is 0 Å². The molecule has 4 nitrogen and oxygen atoms in total. The molecule has 1 atom stereocenters. The van der Waals surface area contributed by atoms with E-state index in [1.165, 1.54) is 19.3 Å². The third-order valence-corrected chi connectivity index (χ3v) is 5.75. The van der Waals surface area contributed by atoms with Crippen LogP contribution < -0.4 is 5.32 Å². The maximum atomic E-state index is 13.2. The van der Waals surface area contributed by atoms with E-state index in [-0.39, 0.29) is 17.9 Å². The minimum atomic E-state index is -0.478. The lowest BCUT2D eigenvalue weighted by Crippen LogP contribution is -2.51. The van der Waals surface area contributed by atoms with Crippen molar-refractivity contribution < 1.29 is 9.59 Å². The Labute approximate surface area is 160 Å². The lowest BCUT2D eigenvalue weighted by Gasteiger charge is -2.30. The van der Waals surface area contributed by atoms with Crippen LogP contribution in [0.1, 0.15) is 53.6 Å². The van der Waals surface area contributed by atoms with Gasteiger partial charge in [0.2, 0.25) is 5.91 Å². The fourth-order valence-electron chi connectivity index (χ4n) is 4.25. The van der Waals surface area contributed by atoms with E-state index in [9.17, 15) is 9.59 Å². The van der Waals surface area contributed by atoms with Crippen LogP contribution in [-0.4, -0.2) is 28.8 Å².